The molecule has 2 saturated heterocycles. The van der Waals surface area contributed by atoms with Gasteiger partial charge in [0.05, 0.1) is 0 Å². The lowest BCUT2D eigenvalue weighted by atomic mass is 10.0. The van der Waals surface area contributed by atoms with Crippen molar-refractivity contribution in [1.29, 1.82) is 0 Å². The van der Waals surface area contributed by atoms with Crippen molar-refractivity contribution in [3.63, 3.8) is 0 Å². The first-order valence-electron chi connectivity index (χ1n) is 8.64. The summed E-state index contributed by atoms with van der Waals surface area (Å²) in [6.45, 7) is 5.04. The van der Waals surface area contributed by atoms with Gasteiger partial charge in [-0.3, -0.25) is 4.79 Å². The molecule has 1 aromatic heterocycles. The fraction of sp³-hybridized carbons (Fsp3) is 0.765. The van der Waals surface area contributed by atoms with Crippen LogP contribution in [0.5, 0.6) is 0 Å². The second kappa shape index (κ2) is 6.82. The zero-order valence-electron chi connectivity index (χ0n) is 13.9. The van der Waals surface area contributed by atoms with Gasteiger partial charge in [-0.1, -0.05) is 0 Å². The van der Waals surface area contributed by atoms with E-state index in [2.05, 4.69) is 26.4 Å². The quantitative estimate of drug-likeness (QED) is 0.836. The standard InChI is InChI=1S/C17H28N4O/c1-14-18-9-13-20(14)11-5-8-17(22)21-12-4-7-16(21)15-6-3-10-19(15)2/h9,13,15-16H,3-8,10-12H2,1-2H3/t15-,16-/m1/s1. The molecule has 0 saturated carbocycles. The van der Waals surface area contributed by atoms with Gasteiger partial charge in [0, 0.05) is 44.0 Å². The maximum atomic E-state index is 12.6. The van der Waals surface area contributed by atoms with Crippen LogP contribution in [0.4, 0.5) is 0 Å². The largest absolute Gasteiger partial charge is 0.338 e. The van der Waals surface area contributed by atoms with Crippen LogP contribution in [0.1, 0.15) is 44.3 Å². The first-order chi connectivity index (χ1) is 10.7. The number of hydrogen-bond acceptors (Lipinski definition) is 3. The number of hydrogen-bond donors (Lipinski definition) is 0. The van der Waals surface area contributed by atoms with Crippen molar-refractivity contribution in [2.24, 2.45) is 0 Å². The minimum atomic E-state index is 0.348. The van der Waals surface area contributed by atoms with Crippen molar-refractivity contribution >= 4 is 5.91 Å². The van der Waals surface area contributed by atoms with Crippen LogP contribution < -0.4 is 0 Å². The Labute approximate surface area is 133 Å². The number of likely N-dealkylation sites (N-methyl/N-ethyl adjacent to an activating group) is 1. The van der Waals surface area contributed by atoms with E-state index in [1.807, 2.05) is 19.3 Å². The molecule has 0 aromatic carbocycles. The summed E-state index contributed by atoms with van der Waals surface area (Å²) >= 11 is 0. The van der Waals surface area contributed by atoms with Gasteiger partial charge < -0.3 is 14.4 Å². The Morgan fingerprint density at radius 3 is 2.73 bits per heavy atom. The van der Waals surface area contributed by atoms with Crippen LogP contribution in [0.15, 0.2) is 12.4 Å². The van der Waals surface area contributed by atoms with Crippen LogP contribution in [-0.2, 0) is 11.3 Å². The van der Waals surface area contributed by atoms with Gasteiger partial charge in [-0.15, -0.1) is 0 Å². The lowest BCUT2D eigenvalue weighted by Crippen LogP contribution is -2.47. The molecule has 22 heavy (non-hydrogen) atoms. The molecule has 0 spiro atoms. The molecule has 2 fully saturated rings. The van der Waals surface area contributed by atoms with Crippen molar-refractivity contribution in [3.05, 3.63) is 18.2 Å². The van der Waals surface area contributed by atoms with Crippen molar-refractivity contribution in [2.75, 3.05) is 20.1 Å². The monoisotopic (exact) mass is 304 g/mol. The Hall–Kier alpha value is -1.36. The number of amides is 1. The van der Waals surface area contributed by atoms with Gasteiger partial charge in [-0.2, -0.15) is 0 Å². The van der Waals surface area contributed by atoms with Crippen molar-refractivity contribution in [1.82, 2.24) is 19.4 Å². The summed E-state index contributed by atoms with van der Waals surface area (Å²) in [6.07, 6.45) is 10.3. The van der Waals surface area contributed by atoms with Gasteiger partial charge in [-0.25, -0.2) is 4.98 Å². The number of rotatable bonds is 5. The van der Waals surface area contributed by atoms with E-state index in [4.69, 9.17) is 0 Å². The third-order valence-electron chi connectivity index (χ3n) is 5.35. The van der Waals surface area contributed by atoms with E-state index < -0.39 is 0 Å². The van der Waals surface area contributed by atoms with E-state index in [9.17, 15) is 4.79 Å². The Morgan fingerprint density at radius 2 is 2.05 bits per heavy atom. The van der Waals surface area contributed by atoms with E-state index in [0.717, 1.165) is 25.3 Å². The molecule has 0 N–H and O–H groups in total. The number of aromatic nitrogens is 2. The number of aryl methyl sites for hydroxylation is 2. The van der Waals surface area contributed by atoms with Gasteiger partial charge in [-0.05, 0) is 52.6 Å². The van der Waals surface area contributed by atoms with E-state index in [0.29, 0.717) is 24.4 Å². The summed E-state index contributed by atoms with van der Waals surface area (Å²) in [4.78, 5) is 21.5. The van der Waals surface area contributed by atoms with Crippen LogP contribution in [0.2, 0.25) is 0 Å². The molecule has 1 aromatic rings. The molecule has 0 radical (unpaired) electrons. The minimum Gasteiger partial charge on any atom is -0.338 e. The smallest absolute Gasteiger partial charge is 0.222 e. The molecule has 1 amide bonds. The third-order valence-corrected chi connectivity index (χ3v) is 5.35. The van der Waals surface area contributed by atoms with E-state index >= 15 is 0 Å². The summed E-state index contributed by atoms with van der Waals surface area (Å²) in [6, 6.07) is 1.04. The Bertz CT molecular complexity index is 513. The number of likely N-dealkylation sites (tertiary alicyclic amines) is 2. The topological polar surface area (TPSA) is 41.4 Å². The van der Waals surface area contributed by atoms with E-state index in [1.165, 1.54) is 32.2 Å². The first-order valence-corrected chi connectivity index (χ1v) is 8.64. The van der Waals surface area contributed by atoms with Gasteiger partial charge in [0.25, 0.3) is 0 Å². The van der Waals surface area contributed by atoms with Gasteiger partial charge in [0.1, 0.15) is 5.82 Å². The predicted octanol–water partition coefficient (Wildman–Crippen LogP) is 2.06. The molecule has 2 atom stereocenters. The van der Waals surface area contributed by atoms with Crippen LogP contribution in [0, 0.1) is 6.92 Å². The second-order valence-electron chi connectivity index (χ2n) is 6.76. The highest BCUT2D eigenvalue weighted by Crippen LogP contribution is 2.29. The Morgan fingerprint density at radius 1 is 1.27 bits per heavy atom. The highest BCUT2D eigenvalue weighted by atomic mass is 16.2. The van der Waals surface area contributed by atoms with E-state index in [-0.39, 0.29) is 0 Å². The molecular formula is C17H28N4O. The highest BCUT2D eigenvalue weighted by molar-refractivity contribution is 5.76. The fourth-order valence-corrected chi connectivity index (χ4v) is 4.11. The van der Waals surface area contributed by atoms with E-state index in [1.54, 1.807) is 0 Å². The predicted molar refractivity (Wildman–Crippen MR) is 86.6 cm³/mol. The summed E-state index contributed by atoms with van der Waals surface area (Å²) in [5.41, 5.74) is 0. The molecule has 0 aliphatic carbocycles. The van der Waals surface area contributed by atoms with Crippen LogP contribution in [0.25, 0.3) is 0 Å². The lowest BCUT2D eigenvalue weighted by Gasteiger charge is -2.33. The molecule has 0 bridgehead atoms. The van der Waals surface area contributed by atoms with Crippen molar-refractivity contribution in [3.8, 4) is 0 Å². The fourth-order valence-electron chi connectivity index (χ4n) is 4.11. The van der Waals surface area contributed by atoms with Gasteiger partial charge in [0.2, 0.25) is 5.91 Å². The van der Waals surface area contributed by atoms with Crippen LogP contribution in [-0.4, -0.2) is 57.5 Å². The first kappa shape index (κ1) is 15.5. The van der Waals surface area contributed by atoms with Gasteiger partial charge >= 0.3 is 0 Å². The lowest BCUT2D eigenvalue weighted by molar-refractivity contribution is -0.133. The molecule has 122 valence electrons. The zero-order valence-corrected chi connectivity index (χ0v) is 13.9. The Balaban J connectivity index is 1.51. The average molecular weight is 304 g/mol. The Kier molecular flexibility index (Phi) is 4.81. The van der Waals surface area contributed by atoms with Crippen LogP contribution in [0.3, 0.4) is 0 Å². The van der Waals surface area contributed by atoms with Crippen molar-refractivity contribution < 1.29 is 4.79 Å². The highest BCUT2D eigenvalue weighted by Gasteiger charge is 2.37. The minimum absolute atomic E-state index is 0.348. The maximum absolute atomic E-state index is 12.6. The van der Waals surface area contributed by atoms with Crippen molar-refractivity contribution in [2.45, 2.75) is 64.1 Å². The zero-order chi connectivity index (χ0) is 15.5. The molecular weight excluding hydrogens is 276 g/mol. The molecule has 2 aliphatic rings. The number of imidazole rings is 1. The average Bonchev–Trinajstić information content (AvgIpc) is 3.20. The summed E-state index contributed by atoms with van der Waals surface area (Å²) in [5.74, 6) is 1.37. The number of nitrogens with zero attached hydrogens (tertiary/aromatic N) is 4. The number of carbonyl (C=O) groups excluding carboxylic acids is 1. The molecule has 3 heterocycles. The second-order valence-corrected chi connectivity index (χ2v) is 6.76. The molecule has 5 heteroatoms. The summed E-state index contributed by atoms with van der Waals surface area (Å²) in [5, 5.41) is 0. The van der Waals surface area contributed by atoms with Crippen LogP contribution >= 0.6 is 0 Å². The summed E-state index contributed by atoms with van der Waals surface area (Å²) in [7, 11) is 2.21. The molecule has 0 unspecified atom stereocenters. The normalized spacial score (nSPS) is 26.0. The van der Waals surface area contributed by atoms with Gasteiger partial charge in [0.15, 0.2) is 0 Å². The molecule has 2 aliphatic heterocycles. The third kappa shape index (κ3) is 3.19. The number of carbonyl (C=O) groups is 1. The molecule has 5 nitrogen and oxygen atoms in total. The maximum Gasteiger partial charge on any atom is 0.222 e. The summed E-state index contributed by atoms with van der Waals surface area (Å²) < 4.78 is 2.12. The molecule has 3 rings (SSSR count). The SMILES string of the molecule is Cc1nccn1CCCC(=O)N1CCC[C@@H]1[C@H]1CCCN1C.